The van der Waals surface area contributed by atoms with Gasteiger partial charge in [-0.25, -0.2) is 0 Å². The molecular formula is C28H33N7O3. The number of para-hydroxylation sites is 2. The molecule has 0 unspecified atom stereocenters. The van der Waals surface area contributed by atoms with Gasteiger partial charge in [-0.2, -0.15) is 0 Å². The van der Waals surface area contributed by atoms with Gasteiger partial charge in [0.25, 0.3) is 0 Å². The molecule has 10 nitrogen and oxygen atoms in total. The maximum absolute atomic E-state index is 13.7. The molecule has 10 heteroatoms. The molecule has 3 amide bonds. The molecule has 1 aliphatic heterocycles. The van der Waals surface area contributed by atoms with Crippen molar-refractivity contribution in [3.63, 3.8) is 0 Å². The maximum atomic E-state index is 13.7. The van der Waals surface area contributed by atoms with Crippen molar-refractivity contribution in [1.29, 1.82) is 0 Å². The number of H-pyrrole nitrogens is 2. The third-order valence-corrected chi connectivity index (χ3v) is 7.35. The lowest BCUT2D eigenvalue weighted by Gasteiger charge is -2.34. The molecule has 1 fully saturated rings. The highest BCUT2D eigenvalue weighted by Crippen LogP contribution is 2.21. The summed E-state index contributed by atoms with van der Waals surface area (Å²) in [6.45, 7) is 1.28. The Morgan fingerprint density at radius 3 is 2.08 bits per heavy atom. The normalized spacial score (nSPS) is 16.6. The average molecular weight is 516 g/mol. The van der Waals surface area contributed by atoms with E-state index in [2.05, 4.69) is 31.2 Å². The lowest BCUT2D eigenvalue weighted by Crippen LogP contribution is -2.63. The number of carbonyl (C=O) groups excluding carboxylic acids is 3. The van der Waals surface area contributed by atoms with Gasteiger partial charge in [0.05, 0.1) is 5.54 Å². The summed E-state index contributed by atoms with van der Waals surface area (Å²) in [6.07, 6.45) is 5.21. The van der Waals surface area contributed by atoms with Crippen molar-refractivity contribution in [2.45, 2.75) is 43.4 Å². The Bertz CT molecular complexity index is 1440. The van der Waals surface area contributed by atoms with E-state index in [0.717, 1.165) is 32.9 Å². The Balaban J connectivity index is 1.37. The van der Waals surface area contributed by atoms with E-state index in [1.54, 1.807) is 0 Å². The molecule has 3 heterocycles. The molecule has 38 heavy (non-hydrogen) atoms. The minimum Gasteiger partial charge on any atom is -0.361 e. The number of hydrogen-bond donors (Lipinski definition) is 7. The summed E-state index contributed by atoms with van der Waals surface area (Å²) in [4.78, 5) is 44.8. The fraction of sp³-hybridized carbons (Fsp3) is 0.321. The van der Waals surface area contributed by atoms with E-state index in [-0.39, 0.29) is 12.3 Å². The van der Waals surface area contributed by atoms with Crippen molar-refractivity contribution in [2.24, 2.45) is 5.73 Å². The Labute approximate surface area is 220 Å². The van der Waals surface area contributed by atoms with E-state index < -0.39 is 23.7 Å². The van der Waals surface area contributed by atoms with Crippen molar-refractivity contribution in [1.82, 2.24) is 31.2 Å². The summed E-state index contributed by atoms with van der Waals surface area (Å²) in [5, 5.41) is 13.8. The smallest absolute Gasteiger partial charge is 0.244 e. The second kappa shape index (κ2) is 11.1. The molecule has 2 aromatic heterocycles. The van der Waals surface area contributed by atoms with E-state index in [1.807, 2.05) is 60.9 Å². The van der Waals surface area contributed by atoms with Gasteiger partial charge in [-0.15, -0.1) is 0 Å². The fourth-order valence-corrected chi connectivity index (χ4v) is 5.16. The van der Waals surface area contributed by atoms with Gasteiger partial charge < -0.3 is 37.0 Å². The van der Waals surface area contributed by atoms with Crippen LogP contribution in [0.3, 0.4) is 0 Å². The Morgan fingerprint density at radius 2 is 1.47 bits per heavy atom. The van der Waals surface area contributed by atoms with Crippen LogP contribution in [0.15, 0.2) is 60.9 Å². The van der Waals surface area contributed by atoms with Crippen molar-refractivity contribution >= 4 is 40.0 Å². The molecule has 0 radical (unpaired) electrons. The van der Waals surface area contributed by atoms with Crippen LogP contribution in [-0.2, 0) is 27.2 Å². The second-order valence-electron chi connectivity index (χ2n) is 9.91. The fourth-order valence-electron chi connectivity index (χ4n) is 5.16. The van der Waals surface area contributed by atoms with Gasteiger partial charge in [-0.3, -0.25) is 14.4 Å². The lowest BCUT2D eigenvalue weighted by atomic mass is 9.88. The van der Waals surface area contributed by atoms with Crippen LogP contribution in [0.4, 0.5) is 0 Å². The van der Waals surface area contributed by atoms with Crippen LogP contribution in [0.2, 0.25) is 0 Å². The number of carbonyl (C=O) groups is 3. The van der Waals surface area contributed by atoms with Gasteiger partial charge in [0.1, 0.15) is 12.2 Å². The van der Waals surface area contributed by atoms with E-state index in [1.165, 1.54) is 0 Å². The standard InChI is InChI=1S/C28H33N7O3/c29-28(9-11-30-12-10-28)27(38)34-24(13-18-15-31-22-7-3-1-5-20(18)22)26(37)35-25(33-17-36)14-19-16-32-23-8-4-2-6-21(19)23/h1-8,15-17,24-25,30-32H,9-14,29H2,(H,33,36)(H,34,38)(H,35,37)/t24-,25-/m1/s1. The molecular weight excluding hydrogens is 482 g/mol. The zero-order valence-corrected chi connectivity index (χ0v) is 21.1. The third kappa shape index (κ3) is 5.41. The maximum Gasteiger partial charge on any atom is 0.244 e. The first-order valence-electron chi connectivity index (χ1n) is 12.9. The zero-order chi connectivity index (χ0) is 26.5. The van der Waals surface area contributed by atoms with Gasteiger partial charge in [-0.05, 0) is 49.2 Å². The predicted octanol–water partition coefficient (Wildman–Crippen LogP) is 1.19. The number of fused-ring (bicyclic) bond motifs is 2. The molecule has 0 aliphatic carbocycles. The Kier molecular flexibility index (Phi) is 7.43. The number of nitrogens with one attached hydrogen (secondary N) is 6. The Hall–Kier alpha value is -4.15. The molecule has 8 N–H and O–H groups in total. The zero-order valence-electron chi connectivity index (χ0n) is 21.1. The topological polar surface area (TPSA) is 157 Å². The van der Waals surface area contributed by atoms with Crippen molar-refractivity contribution < 1.29 is 14.4 Å². The van der Waals surface area contributed by atoms with Gasteiger partial charge >= 0.3 is 0 Å². The van der Waals surface area contributed by atoms with Gasteiger partial charge in [0.2, 0.25) is 18.2 Å². The molecule has 2 aromatic carbocycles. The van der Waals surface area contributed by atoms with E-state index in [9.17, 15) is 14.4 Å². The van der Waals surface area contributed by atoms with E-state index in [0.29, 0.717) is 38.8 Å². The average Bonchev–Trinajstić information content (AvgIpc) is 3.53. The minimum absolute atomic E-state index is 0.261. The molecule has 4 aromatic rings. The highest BCUT2D eigenvalue weighted by Gasteiger charge is 2.37. The highest BCUT2D eigenvalue weighted by molar-refractivity contribution is 5.93. The predicted molar refractivity (Wildman–Crippen MR) is 146 cm³/mol. The molecule has 198 valence electrons. The number of aromatic nitrogens is 2. The molecule has 1 saturated heterocycles. The van der Waals surface area contributed by atoms with Gasteiger partial charge in [0.15, 0.2) is 0 Å². The number of amides is 3. The number of hydrogen-bond acceptors (Lipinski definition) is 5. The van der Waals surface area contributed by atoms with Crippen molar-refractivity contribution in [3.05, 3.63) is 72.1 Å². The minimum atomic E-state index is -1.05. The summed E-state index contributed by atoms with van der Waals surface area (Å²) in [5.74, 6) is -0.754. The van der Waals surface area contributed by atoms with Crippen LogP contribution in [0.25, 0.3) is 21.8 Å². The second-order valence-corrected chi connectivity index (χ2v) is 9.91. The van der Waals surface area contributed by atoms with Crippen LogP contribution in [0, 0.1) is 0 Å². The molecule has 5 rings (SSSR count). The summed E-state index contributed by atoms with van der Waals surface area (Å²) in [6, 6.07) is 14.7. The van der Waals surface area contributed by atoms with Crippen LogP contribution in [0.1, 0.15) is 24.0 Å². The molecule has 0 bridgehead atoms. The number of aromatic amines is 2. The van der Waals surface area contributed by atoms with Crippen LogP contribution in [0.5, 0.6) is 0 Å². The lowest BCUT2D eigenvalue weighted by molar-refractivity contribution is -0.133. The first-order chi connectivity index (χ1) is 18.5. The van der Waals surface area contributed by atoms with Crippen molar-refractivity contribution in [3.8, 4) is 0 Å². The quantitative estimate of drug-likeness (QED) is 0.125. The molecule has 2 atom stereocenters. The van der Waals surface area contributed by atoms with E-state index in [4.69, 9.17) is 5.73 Å². The summed E-state index contributed by atoms with van der Waals surface area (Å²) in [5.41, 5.74) is 9.17. The highest BCUT2D eigenvalue weighted by atomic mass is 16.2. The SMILES string of the molecule is NC1(C(=O)N[C@H](Cc2c[nH]c3ccccc23)C(=O)N[C@H](Cc2c[nH]c3ccccc23)NC=O)CCNCC1. The molecule has 0 saturated carbocycles. The third-order valence-electron chi connectivity index (χ3n) is 7.35. The summed E-state index contributed by atoms with van der Waals surface area (Å²) >= 11 is 0. The molecule has 1 aliphatic rings. The largest absolute Gasteiger partial charge is 0.361 e. The van der Waals surface area contributed by atoms with E-state index >= 15 is 0 Å². The summed E-state index contributed by atoms with van der Waals surface area (Å²) in [7, 11) is 0. The van der Waals surface area contributed by atoms with Crippen molar-refractivity contribution in [2.75, 3.05) is 13.1 Å². The molecule has 0 spiro atoms. The summed E-state index contributed by atoms with van der Waals surface area (Å²) < 4.78 is 0. The van der Waals surface area contributed by atoms with Gasteiger partial charge in [-0.1, -0.05) is 36.4 Å². The monoisotopic (exact) mass is 515 g/mol. The first kappa shape index (κ1) is 25.5. The first-order valence-corrected chi connectivity index (χ1v) is 12.9. The Morgan fingerprint density at radius 1 is 0.895 bits per heavy atom. The van der Waals surface area contributed by atoms with Gasteiger partial charge in [0, 0.05) is 47.0 Å². The van der Waals surface area contributed by atoms with Crippen LogP contribution < -0.4 is 27.0 Å². The van der Waals surface area contributed by atoms with Crippen LogP contribution >= 0.6 is 0 Å². The number of benzene rings is 2. The van der Waals surface area contributed by atoms with Crippen LogP contribution in [-0.4, -0.2) is 59.0 Å². The number of rotatable bonds is 10. The number of piperidine rings is 1. The number of nitrogens with two attached hydrogens (primary N) is 1.